The van der Waals surface area contributed by atoms with Crippen LogP contribution in [0.1, 0.15) is 19.0 Å². The summed E-state index contributed by atoms with van der Waals surface area (Å²) in [7, 11) is 0. The second-order valence-corrected chi connectivity index (χ2v) is 5.39. The topological polar surface area (TPSA) is 51.2 Å². The Morgan fingerprint density at radius 3 is 2.77 bits per heavy atom. The van der Waals surface area contributed by atoms with Gasteiger partial charge in [-0.15, -0.1) is 0 Å². The number of benzene rings is 1. The number of pyridine rings is 1. The van der Waals surface area contributed by atoms with Crippen LogP contribution < -0.4 is 10.1 Å². The van der Waals surface area contributed by atoms with Crippen molar-refractivity contribution in [2.45, 2.75) is 25.9 Å². The Kier molecular flexibility index (Phi) is 6.22. The van der Waals surface area contributed by atoms with Crippen LogP contribution in [0.4, 0.5) is 0 Å². The van der Waals surface area contributed by atoms with E-state index in [1.54, 1.807) is 12.3 Å². The van der Waals surface area contributed by atoms with Gasteiger partial charge in [0.1, 0.15) is 11.9 Å². The molecule has 22 heavy (non-hydrogen) atoms. The van der Waals surface area contributed by atoms with Gasteiger partial charge in [0.15, 0.2) is 0 Å². The van der Waals surface area contributed by atoms with E-state index in [2.05, 4.69) is 10.3 Å². The van der Waals surface area contributed by atoms with Crippen LogP contribution in [0.25, 0.3) is 0 Å². The monoisotopic (exact) mass is 318 g/mol. The van der Waals surface area contributed by atoms with Gasteiger partial charge in [-0.05, 0) is 37.6 Å². The number of aryl methyl sites for hydroxylation is 1. The number of rotatable bonds is 7. The van der Waals surface area contributed by atoms with E-state index in [1.807, 2.05) is 43.3 Å². The minimum absolute atomic E-state index is 0.0136. The van der Waals surface area contributed by atoms with Crippen molar-refractivity contribution in [3.8, 4) is 5.75 Å². The molecular weight excluding hydrogens is 300 g/mol. The molecule has 1 atom stereocenters. The third kappa shape index (κ3) is 5.37. The maximum absolute atomic E-state index is 11.8. The summed E-state index contributed by atoms with van der Waals surface area (Å²) in [4.78, 5) is 16.0. The number of nitrogens with one attached hydrogen (secondary N) is 1. The Bertz CT molecular complexity index is 605. The number of para-hydroxylation sites is 1. The number of carbonyl (C=O) groups excluding carboxylic acids is 1. The number of carbonyl (C=O) groups is 1. The van der Waals surface area contributed by atoms with E-state index in [0.29, 0.717) is 30.2 Å². The van der Waals surface area contributed by atoms with Crippen LogP contribution in [0, 0.1) is 0 Å². The van der Waals surface area contributed by atoms with Crippen molar-refractivity contribution in [1.29, 1.82) is 0 Å². The van der Waals surface area contributed by atoms with E-state index in [9.17, 15) is 4.79 Å². The third-order valence-corrected chi connectivity index (χ3v) is 3.40. The highest BCUT2D eigenvalue weighted by atomic mass is 35.5. The lowest BCUT2D eigenvalue weighted by molar-refractivity contribution is -0.121. The second kappa shape index (κ2) is 8.39. The fourth-order valence-corrected chi connectivity index (χ4v) is 2.11. The molecule has 0 unspecified atom stereocenters. The minimum atomic E-state index is -0.154. The largest absolute Gasteiger partial charge is 0.487 e. The molecule has 1 N–H and O–H groups in total. The molecule has 1 amide bonds. The van der Waals surface area contributed by atoms with E-state index in [0.717, 1.165) is 5.69 Å². The van der Waals surface area contributed by atoms with Crippen LogP contribution in [0.15, 0.2) is 48.7 Å². The summed E-state index contributed by atoms with van der Waals surface area (Å²) in [6.07, 6.45) is 2.62. The molecule has 1 aromatic heterocycles. The van der Waals surface area contributed by atoms with Gasteiger partial charge >= 0.3 is 0 Å². The van der Waals surface area contributed by atoms with Crippen LogP contribution in [-0.2, 0) is 11.2 Å². The lowest BCUT2D eigenvalue weighted by atomic mass is 10.2. The van der Waals surface area contributed by atoms with E-state index in [4.69, 9.17) is 16.3 Å². The first kappa shape index (κ1) is 16.3. The number of hydrogen-bond acceptors (Lipinski definition) is 3. The van der Waals surface area contributed by atoms with Gasteiger partial charge in [0.25, 0.3) is 0 Å². The third-order valence-electron chi connectivity index (χ3n) is 3.09. The lowest BCUT2D eigenvalue weighted by Crippen LogP contribution is -2.33. The van der Waals surface area contributed by atoms with E-state index < -0.39 is 0 Å². The zero-order chi connectivity index (χ0) is 15.8. The fraction of sp³-hybridized carbons (Fsp3) is 0.294. The van der Waals surface area contributed by atoms with Crippen LogP contribution in [0.3, 0.4) is 0 Å². The highest BCUT2D eigenvalue weighted by molar-refractivity contribution is 6.32. The molecule has 0 saturated carbocycles. The number of aromatic nitrogens is 1. The van der Waals surface area contributed by atoms with Crippen molar-refractivity contribution in [2.75, 3.05) is 6.54 Å². The Labute approximate surface area is 135 Å². The Balaban J connectivity index is 1.71. The first-order valence-electron chi connectivity index (χ1n) is 7.23. The van der Waals surface area contributed by atoms with Crippen LogP contribution in [0.5, 0.6) is 5.75 Å². The van der Waals surface area contributed by atoms with Crippen LogP contribution >= 0.6 is 11.6 Å². The highest BCUT2D eigenvalue weighted by Crippen LogP contribution is 2.23. The molecule has 0 fully saturated rings. The zero-order valence-electron chi connectivity index (χ0n) is 12.5. The predicted molar refractivity (Wildman–Crippen MR) is 87.1 cm³/mol. The summed E-state index contributed by atoms with van der Waals surface area (Å²) in [6.45, 7) is 2.33. The van der Waals surface area contributed by atoms with Crippen LogP contribution in [0.2, 0.25) is 5.02 Å². The summed E-state index contributed by atoms with van der Waals surface area (Å²) in [6, 6.07) is 13.0. The van der Waals surface area contributed by atoms with Gasteiger partial charge in [-0.1, -0.05) is 29.8 Å². The molecule has 0 aliphatic heterocycles. The maximum Gasteiger partial charge on any atom is 0.220 e. The molecule has 1 aromatic carbocycles. The van der Waals surface area contributed by atoms with Gasteiger partial charge in [0, 0.05) is 18.3 Å². The van der Waals surface area contributed by atoms with Gasteiger partial charge in [0.05, 0.1) is 11.6 Å². The van der Waals surface area contributed by atoms with E-state index >= 15 is 0 Å². The summed E-state index contributed by atoms with van der Waals surface area (Å²) in [5, 5.41) is 3.42. The zero-order valence-corrected chi connectivity index (χ0v) is 13.2. The first-order valence-corrected chi connectivity index (χ1v) is 7.60. The fourth-order valence-electron chi connectivity index (χ4n) is 1.93. The van der Waals surface area contributed by atoms with Crippen molar-refractivity contribution in [2.24, 2.45) is 0 Å². The first-order chi connectivity index (χ1) is 10.6. The molecule has 1 heterocycles. The van der Waals surface area contributed by atoms with Gasteiger partial charge in [0.2, 0.25) is 5.91 Å². The van der Waals surface area contributed by atoms with Gasteiger partial charge in [-0.25, -0.2) is 0 Å². The Hall–Kier alpha value is -2.07. The van der Waals surface area contributed by atoms with E-state index in [-0.39, 0.29) is 12.0 Å². The smallest absolute Gasteiger partial charge is 0.220 e. The number of hydrogen-bond donors (Lipinski definition) is 1. The molecule has 2 rings (SSSR count). The molecule has 0 bridgehead atoms. The number of amides is 1. The second-order valence-electron chi connectivity index (χ2n) is 4.98. The number of nitrogens with zero attached hydrogens (tertiary/aromatic N) is 1. The standard InChI is InChI=1S/C17H19ClN2O2/c1-13(22-16-8-3-2-7-15(16)18)12-20-17(21)10-9-14-6-4-5-11-19-14/h2-8,11,13H,9-10,12H2,1H3,(H,20,21)/t13-/m0/s1. The maximum atomic E-state index is 11.8. The molecule has 0 spiro atoms. The van der Waals surface area contributed by atoms with Crippen LogP contribution in [-0.4, -0.2) is 23.5 Å². The average Bonchev–Trinajstić information content (AvgIpc) is 2.54. The van der Waals surface area contributed by atoms with Gasteiger partial charge < -0.3 is 10.1 Å². The highest BCUT2D eigenvalue weighted by Gasteiger charge is 2.09. The molecule has 0 aliphatic carbocycles. The normalized spacial score (nSPS) is 11.7. The molecule has 2 aromatic rings. The van der Waals surface area contributed by atoms with Crippen molar-refractivity contribution in [3.05, 3.63) is 59.4 Å². The average molecular weight is 319 g/mol. The molecule has 0 aliphatic rings. The molecule has 0 radical (unpaired) electrons. The molecule has 5 heteroatoms. The quantitative estimate of drug-likeness (QED) is 0.852. The van der Waals surface area contributed by atoms with E-state index in [1.165, 1.54) is 0 Å². The summed E-state index contributed by atoms with van der Waals surface area (Å²) < 4.78 is 5.70. The minimum Gasteiger partial charge on any atom is -0.487 e. The van der Waals surface area contributed by atoms with Crippen molar-refractivity contribution < 1.29 is 9.53 Å². The predicted octanol–water partition coefficient (Wildman–Crippen LogP) is 3.25. The number of ether oxygens (including phenoxy) is 1. The summed E-state index contributed by atoms with van der Waals surface area (Å²) >= 11 is 6.03. The summed E-state index contributed by atoms with van der Waals surface area (Å²) in [5.74, 6) is 0.611. The Morgan fingerprint density at radius 2 is 2.05 bits per heavy atom. The van der Waals surface area contributed by atoms with Gasteiger partial charge in [-0.3, -0.25) is 9.78 Å². The summed E-state index contributed by atoms with van der Waals surface area (Å²) in [5.41, 5.74) is 0.915. The lowest BCUT2D eigenvalue weighted by Gasteiger charge is -2.16. The molecule has 4 nitrogen and oxygen atoms in total. The molecule has 116 valence electrons. The SMILES string of the molecule is C[C@@H](CNC(=O)CCc1ccccn1)Oc1ccccc1Cl. The van der Waals surface area contributed by atoms with Crippen molar-refractivity contribution in [1.82, 2.24) is 10.3 Å². The number of halogens is 1. The van der Waals surface area contributed by atoms with Crippen molar-refractivity contribution >= 4 is 17.5 Å². The van der Waals surface area contributed by atoms with Crippen molar-refractivity contribution in [3.63, 3.8) is 0 Å². The molecule has 0 saturated heterocycles. The van der Waals surface area contributed by atoms with Gasteiger partial charge in [-0.2, -0.15) is 0 Å². The Morgan fingerprint density at radius 1 is 1.27 bits per heavy atom. The molecular formula is C17H19ClN2O2.